The standard InChI is InChI=1S/C12H9BrN2O3/c1-8-4-2-5-9(15(16)17)12(8)18-11-7-3-6-10(13)14-11/h2-7H,1H3. The lowest BCUT2D eigenvalue weighted by molar-refractivity contribution is -0.385. The van der Waals surface area contributed by atoms with E-state index in [0.717, 1.165) is 0 Å². The van der Waals surface area contributed by atoms with Gasteiger partial charge >= 0.3 is 5.69 Å². The number of benzene rings is 1. The number of pyridine rings is 1. The van der Waals surface area contributed by atoms with Gasteiger partial charge in [0.05, 0.1) is 4.92 Å². The molecule has 92 valence electrons. The summed E-state index contributed by atoms with van der Waals surface area (Å²) in [5, 5.41) is 10.9. The number of halogens is 1. The zero-order chi connectivity index (χ0) is 13.1. The van der Waals surface area contributed by atoms with E-state index in [-0.39, 0.29) is 11.4 Å². The van der Waals surface area contributed by atoms with Crippen LogP contribution in [0.5, 0.6) is 11.6 Å². The predicted octanol–water partition coefficient (Wildman–Crippen LogP) is 3.85. The topological polar surface area (TPSA) is 65.3 Å². The van der Waals surface area contributed by atoms with Crippen LogP contribution >= 0.6 is 15.9 Å². The van der Waals surface area contributed by atoms with Gasteiger partial charge in [0.1, 0.15) is 4.60 Å². The number of nitrogens with zero attached hydrogens (tertiary/aromatic N) is 2. The van der Waals surface area contributed by atoms with Crippen LogP contribution < -0.4 is 4.74 Å². The summed E-state index contributed by atoms with van der Waals surface area (Å²) >= 11 is 3.22. The summed E-state index contributed by atoms with van der Waals surface area (Å²) in [4.78, 5) is 14.5. The summed E-state index contributed by atoms with van der Waals surface area (Å²) in [5.41, 5.74) is 0.614. The summed E-state index contributed by atoms with van der Waals surface area (Å²) in [5.74, 6) is 0.523. The van der Waals surface area contributed by atoms with E-state index in [9.17, 15) is 10.1 Å². The first-order valence-corrected chi connectivity index (χ1v) is 5.91. The van der Waals surface area contributed by atoms with Crippen LogP contribution in [0.1, 0.15) is 5.56 Å². The Bertz CT molecular complexity index is 602. The molecule has 0 bridgehead atoms. The second kappa shape index (κ2) is 5.14. The van der Waals surface area contributed by atoms with Gasteiger partial charge in [0.15, 0.2) is 0 Å². The molecule has 0 saturated heterocycles. The summed E-state index contributed by atoms with van der Waals surface area (Å²) in [6.07, 6.45) is 0. The van der Waals surface area contributed by atoms with Crippen molar-refractivity contribution in [3.63, 3.8) is 0 Å². The van der Waals surface area contributed by atoms with Crippen LogP contribution in [0, 0.1) is 17.0 Å². The molecular weight excluding hydrogens is 300 g/mol. The van der Waals surface area contributed by atoms with Crippen molar-refractivity contribution in [1.82, 2.24) is 4.98 Å². The van der Waals surface area contributed by atoms with E-state index in [2.05, 4.69) is 20.9 Å². The van der Waals surface area contributed by atoms with Crippen molar-refractivity contribution in [2.24, 2.45) is 0 Å². The molecule has 0 atom stereocenters. The van der Waals surface area contributed by atoms with Gasteiger partial charge in [0.2, 0.25) is 11.6 Å². The van der Waals surface area contributed by atoms with Crippen molar-refractivity contribution < 1.29 is 9.66 Å². The lowest BCUT2D eigenvalue weighted by atomic mass is 10.2. The molecule has 0 radical (unpaired) electrons. The predicted molar refractivity (Wildman–Crippen MR) is 69.8 cm³/mol. The van der Waals surface area contributed by atoms with Crippen LogP contribution in [0.2, 0.25) is 0 Å². The van der Waals surface area contributed by atoms with E-state index in [1.165, 1.54) is 6.07 Å². The minimum absolute atomic E-state index is 0.0724. The molecule has 2 rings (SSSR count). The second-order valence-corrected chi connectivity index (χ2v) is 4.39. The van der Waals surface area contributed by atoms with Gasteiger partial charge in [-0.3, -0.25) is 10.1 Å². The van der Waals surface area contributed by atoms with Crippen molar-refractivity contribution in [2.75, 3.05) is 0 Å². The molecule has 1 aromatic heterocycles. The minimum atomic E-state index is -0.472. The third-order valence-corrected chi connectivity index (χ3v) is 2.73. The van der Waals surface area contributed by atoms with Crippen molar-refractivity contribution in [1.29, 1.82) is 0 Å². The Morgan fingerprint density at radius 2 is 2.00 bits per heavy atom. The molecule has 18 heavy (non-hydrogen) atoms. The molecule has 0 aliphatic rings. The van der Waals surface area contributed by atoms with Gasteiger partial charge in [0, 0.05) is 12.1 Å². The first-order valence-electron chi connectivity index (χ1n) is 5.12. The second-order valence-electron chi connectivity index (χ2n) is 3.58. The van der Waals surface area contributed by atoms with Gasteiger partial charge in [-0.05, 0) is 34.5 Å². The Kier molecular flexibility index (Phi) is 3.57. The average molecular weight is 309 g/mol. The Hall–Kier alpha value is -1.95. The minimum Gasteiger partial charge on any atom is -0.431 e. The fourth-order valence-corrected chi connectivity index (χ4v) is 1.79. The van der Waals surface area contributed by atoms with E-state index in [0.29, 0.717) is 16.0 Å². The average Bonchev–Trinajstić information content (AvgIpc) is 2.31. The number of aromatic nitrogens is 1. The van der Waals surface area contributed by atoms with Gasteiger partial charge in [-0.25, -0.2) is 4.98 Å². The Morgan fingerprint density at radius 3 is 2.67 bits per heavy atom. The number of nitro groups is 1. The molecule has 0 unspecified atom stereocenters. The fourth-order valence-electron chi connectivity index (χ4n) is 1.46. The van der Waals surface area contributed by atoms with E-state index in [1.807, 2.05) is 0 Å². The quantitative estimate of drug-likeness (QED) is 0.490. The summed E-state index contributed by atoms with van der Waals surface area (Å²) in [6.45, 7) is 1.75. The molecule has 0 fully saturated rings. The van der Waals surface area contributed by atoms with Crippen molar-refractivity contribution in [3.05, 3.63) is 56.7 Å². The molecule has 0 aliphatic carbocycles. The number of ether oxygens (including phenoxy) is 1. The van der Waals surface area contributed by atoms with E-state index in [4.69, 9.17) is 4.74 Å². The molecule has 5 nitrogen and oxygen atoms in total. The van der Waals surface area contributed by atoms with Gasteiger partial charge in [-0.2, -0.15) is 0 Å². The molecule has 0 aliphatic heterocycles. The Morgan fingerprint density at radius 1 is 1.28 bits per heavy atom. The van der Waals surface area contributed by atoms with Crippen molar-refractivity contribution >= 4 is 21.6 Å². The molecule has 1 aromatic carbocycles. The SMILES string of the molecule is Cc1cccc([N+](=O)[O-])c1Oc1cccc(Br)n1. The van der Waals surface area contributed by atoms with Gasteiger partial charge < -0.3 is 4.74 Å². The van der Waals surface area contributed by atoms with Crippen LogP contribution in [0.4, 0.5) is 5.69 Å². The van der Waals surface area contributed by atoms with Crippen LogP contribution in [0.15, 0.2) is 41.0 Å². The fraction of sp³-hybridized carbons (Fsp3) is 0.0833. The molecule has 0 amide bonds. The molecule has 0 spiro atoms. The highest BCUT2D eigenvalue weighted by Gasteiger charge is 2.18. The maximum absolute atomic E-state index is 10.9. The summed E-state index contributed by atoms with van der Waals surface area (Å²) in [6, 6.07) is 9.91. The highest BCUT2D eigenvalue weighted by Crippen LogP contribution is 2.33. The number of hydrogen-bond donors (Lipinski definition) is 0. The van der Waals surface area contributed by atoms with Gasteiger partial charge in [-0.1, -0.05) is 18.2 Å². The van der Waals surface area contributed by atoms with Crippen molar-refractivity contribution in [2.45, 2.75) is 6.92 Å². The lowest BCUT2D eigenvalue weighted by Gasteiger charge is -2.08. The molecule has 6 heteroatoms. The third kappa shape index (κ3) is 2.65. The maximum Gasteiger partial charge on any atom is 0.311 e. The lowest BCUT2D eigenvalue weighted by Crippen LogP contribution is -1.96. The van der Waals surface area contributed by atoms with E-state index < -0.39 is 4.92 Å². The summed E-state index contributed by atoms with van der Waals surface area (Å²) in [7, 11) is 0. The zero-order valence-electron chi connectivity index (χ0n) is 9.46. The normalized spacial score (nSPS) is 10.1. The molecule has 0 N–H and O–H groups in total. The summed E-state index contributed by atoms with van der Waals surface area (Å²) < 4.78 is 6.11. The highest BCUT2D eigenvalue weighted by molar-refractivity contribution is 9.10. The molecule has 1 heterocycles. The highest BCUT2D eigenvalue weighted by atomic mass is 79.9. The van der Waals surface area contributed by atoms with E-state index in [1.54, 1.807) is 37.3 Å². The van der Waals surface area contributed by atoms with Crippen LogP contribution in [0.3, 0.4) is 0 Å². The molecule has 0 saturated carbocycles. The smallest absolute Gasteiger partial charge is 0.311 e. The zero-order valence-corrected chi connectivity index (χ0v) is 11.0. The van der Waals surface area contributed by atoms with Gasteiger partial charge in [0.25, 0.3) is 0 Å². The molecule has 2 aromatic rings. The van der Waals surface area contributed by atoms with Crippen LogP contribution in [-0.2, 0) is 0 Å². The van der Waals surface area contributed by atoms with Gasteiger partial charge in [-0.15, -0.1) is 0 Å². The monoisotopic (exact) mass is 308 g/mol. The first kappa shape index (κ1) is 12.5. The largest absolute Gasteiger partial charge is 0.431 e. The van der Waals surface area contributed by atoms with Crippen molar-refractivity contribution in [3.8, 4) is 11.6 Å². The number of hydrogen-bond acceptors (Lipinski definition) is 4. The Labute approximate surface area is 112 Å². The third-order valence-electron chi connectivity index (χ3n) is 2.28. The first-order chi connectivity index (χ1) is 8.58. The number of rotatable bonds is 3. The van der Waals surface area contributed by atoms with Crippen LogP contribution in [-0.4, -0.2) is 9.91 Å². The molecular formula is C12H9BrN2O3. The van der Waals surface area contributed by atoms with E-state index >= 15 is 0 Å². The number of para-hydroxylation sites is 1. The van der Waals surface area contributed by atoms with Crippen LogP contribution in [0.25, 0.3) is 0 Å². The number of aryl methyl sites for hydroxylation is 1. The Balaban J connectivity index is 2.42. The maximum atomic E-state index is 10.9. The number of nitro benzene ring substituents is 1.